The van der Waals surface area contributed by atoms with Crippen molar-refractivity contribution in [3.8, 4) is 0 Å². The summed E-state index contributed by atoms with van der Waals surface area (Å²) in [6.45, 7) is 2.72. The fourth-order valence-corrected chi connectivity index (χ4v) is 4.74. The van der Waals surface area contributed by atoms with Gasteiger partial charge in [-0.15, -0.1) is 12.4 Å². The number of nitrogens with two attached hydrogens (primary N) is 1. The van der Waals surface area contributed by atoms with Crippen LogP contribution in [0.1, 0.15) is 51.4 Å². The molecule has 3 rings (SSSR count). The molecule has 0 radical (unpaired) electrons. The molecule has 0 aromatic carbocycles. The Hall–Kier alpha value is -0.280. The average Bonchev–Trinajstić information content (AvgIpc) is 3.02. The molecule has 3 aliphatic rings. The molecular formula is C16H29ClN2O. The molecule has 1 amide bonds. The highest BCUT2D eigenvalue weighted by Gasteiger charge is 2.40. The van der Waals surface area contributed by atoms with Gasteiger partial charge >= 0.3 is 0 Å². The SMILES string of the molecule is Cl.NCCC1CCCN(C(=O)CC2CC3CCC2C3)C1. The van der Waals surface area contributed by atoms with Crippen LogP contribution in [0.25, 0.3) is 0 Å². The van der Waals surface area contributed by atoms with Gasteiger partial charge in [0.1, 0.15) is 0 Å². The molecular weight excluding hydrogens is 272 g/mol. The molecule has 2 N–H and O–H groups in total. The van der Waals surface area contributed by atoms with Crippen molar-refractivity contribution in [2.24, 2.45) is 29.4 Å². The maximum Gasteiger partial charge on any atom is 0.222 e. The fraction of sp³-hybridized carbons (Fsp3) is 0.938. The van der Waals surface area contributed by atoms with Gasteiger partial charge in [-0.05, 0) is 68.7 Å². The van der Waals surface area contributed by atoms with Gasteiger partial charge in [-0.3, -0.25) is 4.79 Å². The fourth-order valence-electron chi connectivity index (χ4n) is 4.74. The van der Waals surface area contributed by atoms with Gasteiger partial charge in [0, 0.05) is 19.5 Å². The van der Waals surface area contributed by atoms with Gasteiger partial charge in [-0.25, -0.2) is 0 Å². The molecule has 2 saturated carbocycles. The van der Waals surface area contributed by atoms with Gasteiger partial charge in [0.2, 0.25) is 5.91 Å². The second-order valence-corrected chi connectivity index (χ2v) is 7.06. The first kappa shape index (κ1) is 16.1. The summed E-state index contributed by atoms with van der Waals surface area (Å²) in [5, 5.41) is 0. The molecule has 2 aliphatic carbocycles. The van der Waals surface area contributed by atoms with Gasteiger partial charge in [-0.2, -0.15) is 0 Å². The molecule has 2 bridgehead atoms. The van der Waals surface area contributed by atoms with Gasteiger partial charge in [0.25, 0.3) is 0 Å². The van der Waals surface area contributed by atoms with Crippen molar-refractivity contribution < 1.29 is 4.79 Å². The second-order valence-electron chi connectivity index (χ2n) is 7.06. The first-order valence-electron chi connectivity index (χ1n) is 8.24. The van der Waals surface area contributed by atoms with Crippen molar-refractivity contribution >= 4 is 18.3 Å². The number of halogens is 1. The van der Waals surface area contributed by atoms with Crippen LogP contribution in [0.5, 0.6) is 0 Å². The molecule has 4 atom stereocenters. The standard InChI is InChI=1S/C16H28N2O.ClH/c17-6-5-12-2-1-7-18(11-12)16(19)10-15-9-13-3-4-14(15)8-13;/h12-15H,1-11,17H2;1H. The van der Waals surface area contributed by atoms with E-state index in [1.165, 1.54) is 38.5 Å². The number of hydrogen-bond donors (Lipinski definition) is 1. The molecule has 20 heavy (non-hydrogen) atoms. The van der Waals surface area contributed by atoms with Gasteiger partial charge in [0.15, 0.2) is 0 Å². The number of hydrogen-bond acceptors (Lipinski definition) is 2. The number of carbonyl (C=O) groups is 1. The van der Waals surface area contributed by atoms with E-state index in [-0.39, 0.29) is 12.4 Å². The lowest BCUT2D eigenvalue weighted by Crippen LogP contribution is -2.41. The molecule has 3 fully saturated rings. The predicted molar refractivity (Wildman–Crippen MR) is 83.8 cm³/mol. The number of amides is 1. The number of carbonyl (C=O) groups excluding carboxylic acids is 1. The van der Waals surface area contributed by atoms with E-state index < -0.39 is 0 Å². The Balaban J connectivity index is 0.00000147. The van der Waals surface area contributed by atoms with E-state index in [4.69, 9.17) is 5.73 Å². The first-order chi connectivity index (χ1) is 9.26. The third-order valence-corrected chi connectivity index (χ3v) is 5.77. The third kappa shape index (κ3) is 3.48. The molecule has 3 nitrogen and oxygen atoms in total. The van der Waals surface area contributed by atoms with Crippen LogP contribution in [0.15, 0.2) is 0 Å². The summed E-state index contributed by atoms with van der Waals surface area (Å²) in [5.74, 6) is 3.62. The molecule has 4 heteroatoms. The Bertz CT molecular complexity index is 334. The van der Waals surface area contributed by atoms with Crippen LogP contribution in [0.4, 0.5) is 0 Å². The van der Waals surface area contributed by atoms with Crippen molar-refractivity contribution in [1.82, 2.24) is 4.90 Å². The van der Waals surface area contributed by atoms with E-state index in [9.17, 15) is 4.79 Å². The highest BCUT2D eigenvalue weighted by atomic mass is 35.5. The van der Waals surface area contributed by atoms with Gasteiger partial charge < -0.3 is 10.6 Å². The zero-order valence-electron chi connectivity index (χ0n) is 12.4. The van der Waals surface area contributed by atoms with Crippen molar-refractivity contribution in [1.29, 1.82) is 0 Å². The number of nitrogens with zero attached hydrogens (tertiary/aromatic N) is 1. The minimum Gasteiger partial charge on any atom is -0.342 e. The molecule has 0 aromatic rings. The number of piperidine rings is 1. The smallest absolute Gasteiger partial charge is 0.222 e. The van der Waals surface area contributed by atoms with Crippen LogP contribution >= 0.6 is 12.4 Å². The van der Waals surface area contributed by atoms with Crippen LogP contribution in [-0.2, 0) is 4.79 Å². The Morgan fingerprint density at radius 3 is 2.70 bits per heavy atom. The number of likely N-dealkylation sites (tertiary alicyclic amines) is 1. The van der Waals surface area contributed by atoms with Crippen LogP contribution in [0.2, 0.25) is 0 Å². The topological polar surface area (TPSA) is 46.3 Å². The summed E-state index contributed by atoms with van der Waals surface area (Å²) in [6, 6.07) is 0. The maximum absolute atomic E-state index is 12.5. The highest BCUT2D eigenvalue weighted by Crippen LogP contribution is 2.49. The average molecular weight is 301 g/mol. The minimum absolute atomic E-state index is 0. The van der Waals surface area contributed by atoms with Crippen molar-refractivity contribution in [3.05, 3.63) is 0 Å². The molecule has 116 valence electrons. The first-order valence-corrected chi connectivity index (χ1v) is 8.24. The van der Waals surface area contributed by atoms with Crippen LogP contribution < -0.4 is 5.73 Å². The highest BCUT2D eigenvalue weighted by molar-refractivity contribution is 5.85. The zero-order valence-corrected chi connectivity index (χ0v) is 13.2. The monoisotopic (exact) mass is 300 g/mol. The molecule has 1 heterocycles. The quantitative estimate of drug-likeness (QED) is 0.868. The summed E-state index contributed by atoms with van der Waals surface area (Å²) in [5.41, 5.74) is 5.65. The van der Waals surface area contributed by atoms with E-state index in [0.29, 0.717) is 17.7 Å². The van der Waals surface area contributed by atoms with E-state index in [0.717, 1.165) is 44.3 Å². The van der Waals surface area contributed by atoms with E-state index in [1.54, 1.807) is 0 Å². The maximum atomic E-state index is 12.5. The van der Waals surface area contributed by atoms with Crippen molar-refractivity contribution in [3.63, 3.8) is 0 Å². The Morgan fingerprint density at radius 2 is 2.05 bits per heavy atom. The van der Waals surface area contributed by atoms with E-state index in [1.807, 2.05) is 0 Å². The van der Waals surface area contributed by atoms with Crippen LogP contribution in [0, 0.1) is 23.7 Å². The molecule has 0 aromatic heterocycles. The molecule has 1 saturated heterocycles. The lowest BCUT2D eigenvalue weighted by Gasteiger charge is -2.34. The molecule has 1 aliphatic heterocycles. The third-order valence-electron chi connectivity index (χ3n) is 5.77. The second kappa shape index (κ2) is 7.13. The largest absolute Gasteiger partial charge is 0.342 e. The van der Waals surface area contributed by atoms with Crippen LogP contribution in [-0.4, -0.2) is 30.4 Å². The number of fused-ring (bicyclic) bond motifs is 2. The summed E-state index contributed by atoms with van der Waals surface area (Å²) in [4.78, 5) is 14.6. The Morgan fingerprint density at radius 1 is 1.20 bits per heavy atom. The predicted octanol–water partition coefficient (Wildman–Crippen LogP) is 2.82. The van der Waals surface area contributed by atoms with E-state index >= 15 is 0 Å². The van der Waals surface area contributed by atoms with Gasteiger partial charge in [-0.1, -0.05) is 6.42 Å². The molecule has 0 spiro atoms. The Labute approximate surface area is 129 Å². The van der Waals surface area contributed by atoms with Crippen molar-refractivity contribution in [2.45, 2.75) is 51.4 Å². The summed E-state index contributed by atoms with van der Waals surface area (Å²) >= 11 is 0. The normalized spacial score (nSPS) is 36.0. The Kier molecular flexibility index (Phi) is 5.74. The summed E-state index contributed by atoms with van der Waals surface area (Å²) < 4.78 is 0. The molecule has 4 unspecified atom stereocenters. The minimum atomic E-state index is 0. The number of rotatable bonds is 4. The van der Waals surface area contributed by atoms with E-state index in [2.05, 4.69) is 4.90 Å². The van der Waals surface area contributed by atoms with Crippen molar-refractivity contribution in [2.75, 3.05) is 19.6 Å². The summed E-state index contributed by atoms with van der Waals surface area (Å²) in [7, 11) is 0. The van der Waals surface area contributed by atoms with Gasteiger partial charge in [0.05, 0.1) is 0 Å². The lowest BCUT2D eigenvalue weighted by molar-refractivity contribution is -0.134. The lowest BCUT2D eigenvalue weighted by atomic mass is 9.85. The van der Waals surface area contributed by atoms with Crippen LogP contribution in [0.3, 0.4) is 0 Å². The summed E-state index contributed by atoms with van der Waals surface area (Å²) in [6.07, 6.45) is 9.90. The zero-order chi connectivity index (χ0) is 13.2.